The van der Waals surface area contributed by atoms with Gasteiger partial charge in [0.15, 0.2) is 6.10 Å². The molecule has 0 saturated carbocycles. The van der Waals surface area contributed by atoms with E-state index in [-0.39, 0.29) is 49.8 Å². The molecule has 13 heteroatoms. The topological polar surface area (TPSA) is 173 Å². The van der Waals surface area contributed by atoms with Crippen LogP contribution in [0, 0.1) is 0 Å². The molecule has 5 N–H and O–H groups in total. The number of aliphatic hydroxyl groups excluding tert-OH is 1. The van der Waals surface area contributed by atoms with E-state index in [0.717, 1.165) is 25.8 Å². The molecule has 38 heavy (non-hydrogen) atoms. The van der Waals surface area contributed by atoms with E-state index in [1.807, 2.05) is 0 Å². The van der Waals surface area contributed by atoms with Crippen LogP contribution in [0.3, 0.4) is 0 Å². The first-order valence-electron chi connectivity index (χ1n) is 12.3. The van der Waals surface area contributed by atoms with Crippen LogP contribution >= 0.6 is 11.9 Å². The Balaban J connectivity index is 1.88. The van der Waals surface area contributed by atoms with E-state index in [1.165, 1.54) is 18.0 Å². The number of carboxylic acid groups (broad SMARTS) is 1. The number of anilines is 1. The van der Waals surface area contributed by atoms with Gasteiger partial charge in [0.2, 0.25) is 18.1 Å². The van der Waals surface area contributed by atoms with Crippen LogP contribution in [0.2, 0.25) is 0 Å². The van der Waals surface area contributed by atoms with E-state index in [9.17, 15) is 29.4 Å². The zero-order chi connectivity index (χ0) is 27.8. The molecule has 12 nitrogen and oxygen atoms in total. The second-order valence-electron chi connectivity index (χ2n) is 8.51. The summed E-state index contributed by atoms with van der Waals surface area (Å²) < 4.78 is 19.1. The predicted octanol–water partition coefficient (Wildman–Crippen LogP) is 2.08. The van der Waals surface area contributed by atoms with Crippen LogP contribution in [-0.2, 0) is 35.3 Å². The van der Waals surface area contributed by atoms with Gasteiger partial charge in [0.25, 0.3) is 6.47 Å². The number of unbranched alkanes of at least 4 members (excludes halogenated alkanes) is 2. The molecular weight excluding hydrogens is 518 g/mol. The minimum absolute atomic E-state index is 0.00265. The van der Waals surface area contributed by atoms with Crippen molar-refractivity contribution in [1.82, 2.24) is 10.0 Å². The number of benzene rings is 1. The van der Waals surface area contributed by atoms with Crippen LogP contribution in [0.15, 0.2) is 30.2 Å². The number of hydrogen-bond donors (Lipinski definition) is 5. The van der Waals surface area contributed by atoms with Crippen molar-refractivity contribution in [3.63, 3.8) is 0 Å². The average molecular weight is 554 g/mol. The van der Waals surface area contributed by atoms with Crippen LogP contribution < -0.4 is 20.1 Å². The normalized spacial score (nSPS) is 18.7. The maximum atomic E-state index is 12.6. The molecule has 0 radical (unpaired) electrons. The molecule has 0 aliphatic carbocycles. The molecule has 1 aromatic carbocycles. The Kier molecular flexibility index (Phi) is 14.2. The summed E-state index contributed by atoms with van der Waals surface area (Å²) >= 11 is 1.43. The summed E-state index contributed by atoms with van der Waals surface area (Å²) in [7, 11) is 0. The van der Waals surface area contributed by atoms with Gasteiger partial charge >= 0.3 is 5.97 Å². The maximum Gasteiger partial charge on any atom is 0.333 e. The third kappa shape index (κ3) is 11.9. The lowest BCUT2D eigenvalue weighted by Crippen LogP contribution is -2.42. The Bertz CT molecular complexity index is 947. The van der Waals surface area contributed by atoms with Crippen LogP contribution in [0.5, 0.6) is 5.75 Å². The fourth-order valence-electron chi connectivity index (χ4n) is 3.63. The number of carboxylic acids is 1. The van der Waals surface area contributed by atoms with Crippen molar-refractivity contribution >= 4 is 41.9 Å². The van der Waals surface area contributed by atoms with Gasteiger partial charge in [-0.3, -0.25) is 19.1 Å². The highest BCUT2D eigenvalue weighted by Crippen LogP contribution is 2.30. The molecule has 2 rings (SSSR count). The molecule has 1 heterocycles. The number of rotatable bonds is 18. The molecule has 1 aromatic rings. The lowest BCUT2D eigenvalue weighted by atomic mass is 10.1. The highest BCUT2D eigenvalue weighted by Gasteiger charge is 2.34. The average Bonchev–Trinajstić information content (AvgIpc) is 2.88. The van der Waals surface area contributed by atoms with E-state index in [1.54, 1.807) is 17.5 Å². The molecular formula is C25H35N3O9S. The van der Waals surface area contributed by atoms with E-state index in [2.05, 4.69) is 21.9 Å². The van der Waals surface area contributed by atoms with Gasteiger partial charge in [0.1, 0.15) is 12.4 Å². The lowest BCUT2D eigenvalue weighted by molar-refractivity contribution is -0.195. The minimum atomic E-state index is -1.22. The van der Waals surface area contributed by atoms with Gasteiger partial charge in [-0.25, -0.2) is 4.79 Å². The van der Waals surface area contributed by atoms with E-state index in [0.29, 0.717) is 18.5 Å². The molecule has 1 aliphatic heterocycles. The monoisotopic (exact) mass is 553 g/mol. The SMILES string of the molecule is C=CSNCCCCCC(=O)NCCC(=O)Nc1cc(COC=O)ccc1OC1CC(O)CC(C(=O)O)O1. The van der Waals surface area contributed by atoms with Gasteiger partial charge in [0, 0.05) is 38.8 Å². The number of carbonyl (C=O) groups is 4. The molecule has 0 spiro atoms. The fourth-order valence-corrected chi connectivity index (χ4v) is 4.01. The summed E-state index contributed by atoms with van der Waals surface area (Å²) in [5.74, 6) is -1.57. The summed E-state index contributed by atoms with van der Waals surface area (Å²) in [6, 6.07) is 4.68. The van der Waals surface area contributed by atoms with Gasteiger partial charge in [-0.15, -0.1) is 0 Å². The number of carbonyl (C=O) groups excluding carboxylic acids is 3. The van der Waals surface area contributed by atoms with Crippen molar-refractivity contribution in [2.24, 2.45) is 0 Å². The third-order valence-electron chi connectivity index (χ3n) is 5.46. The summed E-state index contributed by atoms with van der Waals surface area (Å²) in [4.78, 5) is 46.4. The van der Waals surface area contributed by atoms with E-state index >= 15 is 0 Å². The lowest BCUT2D eigenvalue weighted by Gasteiger charge is -2.31. The van der Waals surface area contributed by atoms with Crippen LogP contribution in [0.4, 0.5) is 5.69 Å². The molecule has 2 amide bonds. The minimum Gasteiger partial charge on any atom is -0.479 e. The van der Waals surface area contributed by atoms with Crippen molar-refractivity contribution in [2.75, 3.05) is 18.4 Å². The van der Waals surface area contributed by atoms with Crippen molar-refractivity contribution in [3.8, 4) is 5.75 Å². The Morgan fingerprint density at radius 3 is 2.68 bits per heavy atom. The molecule has 3 atom stereocenters. The van der Waals surface area contributed by atoms with Crippen LogP contribution in [0.25, 0.3) is 0 Å². The highest BCUT2D eigenvalue weighted by atomic mass is 32.2. The molecule has 1 aliphatic rings. The van der Waals surface area contributed by atoms with Crippen molar-refractivity contribution in [1.29, 1.82) is 0 Å². The number of ether oxygens (including phenoxy) is 3. The highest BCUT2D eigenvalue weighted by molar-refractivity contribution is 8.00. The van der Waals surface area contributed by atoms with Crippen molar-refractivity contribution in [3.05, 3.63) is 35.7 Å². The molecule has 210 valence electrons. The second-order valence-corrected chi connectivity index (χ2v) is 9.37. The smallest absolute Gasteiger partial charge is 0.333 e. The van der Waals surface area contributed by atoms with Gasteiger partial charge in [-0.1, -0.05) is 31.0 Å². The number of aliphatic carboxylic acids is 1. The molecule has 1 fully saturated rings. The number of aliphatic hydroxyl groups is 1. The van der Waals surface area contributed by atoms with Gasteiger partial charge < -0.3 is 35.1 Å². The Morgan fingerprint density at radius 1 is 1.13 bits per heavy atom. The Morgan fingerprint density at radius 2 is 1.95 bits per heavy atom. The standard InChI is InChI=1S/C25H35N3O9S/c1-2-38-27-10-5-3-4-6-22(31)26-11-9-23(32)28-19-12-17(15-35-16-29)7-8-20(19)36-24-14-18(30)13-21(37-24)25(33)34/h2,7-8,12,16,18,21,24,27,30H,1,3-6,9-11,13-15H2,(H,26,31)(H,28,32)(H,33,34). The van der Waals surface area contributed by atoms with Crippen LogP contribution in [0.1, 0.15) is 50.5 Å². The first-order valence-corrected chi connectivity index (χ1v) is 13.2. The summed E-state index contributed by atoms with van der Waals surface area (Å²) in [5, 5.41) is 26.4. The zero-order valence-electron chi connectivity index (χ0n) is 21.1. The summed E-state index contributed by atoms with van der Waals surface area (Å²) in [6.45, 7) is 4.84. The van der Waals surface area contributed by atoms with Crippen molar-refractivity contribution < 1.29 is 43.6 Å². The molecule has 0 bridgehead atoms. The van der Waals surface area contributed by atoms with Crippen molar-refractivity contribution in [2.45, 2.75) is 70.1 Å². The number of nitrogens with one attached hydrogen (secondary N) is 3. The maximum absolute atomic E-state index is 12.6. The van der Waals surface area contributed by atoms with Crippen LogP contribution in [-0.4, -0.2) is 66.1 Å². The fraction of sp³-hybridized carbons (Fsp3) is 0.520. The van der Waals surface area contributed by atoms with Gasteiger partial charge in [0.05, 0.1) is 11.8 Å². The van der Waals surface area contributed by atoms with E-state index in [4.69, 9.17) is 14.2 Å². The second kappa shape index (κ2) is 17.4. The van der Waals surface area contributed by atoms with Gasteiger partial charge in [-0.2, -0.15) is 0 Å². The quantitative estimate of drug-likeness (QED) is 0.102. The first-order chi connectivity index (χ1) is 18.3. The largest absolute Gasteiger partial charge is 0.479 e. The summed E-state index contributed by atoms with van der Waals surface area (Å²) in [6.07, 6.45) is -0.246. The molecule has 0 aromatic heterocycles. The molecule has 3 unspecified atom stereocenters. The first kappa shape index (κ1) is 31.1. The Labute approximate surface area is 225 Å². The molecule has 1 saturated heterocycles. The zero-order valence-corrected chi connectivity index (χ0v) is 21.9. The van der Waals surface area contributed by atoms with E-state index < -0.39 is 30.4 Å². The Hall–Kier alpha value is -3.13. The predicted molar refractivity (Wildman–Crippen MR) is 140 cm³/mol. The number of hydrogen-bond acceptors (Lipinski definition) is 10. The van der Waals surface area contributed by atoms with Gasteiger partial charge in [-0.05, 0) is 35.9 Å². The third-order valence-corrected chi connectivity index (χ3v) is 6.00. The number of amides is 2. The summed E-state index contributed by atoms with van der Waals surface area (Å²) in [5.41, 5.74) is 0.812.